The number of carbonyl (C=O) groups excluding carboxylic acids is 1. The number of aldehydes is 1. The quantitative estimate of drug-likeness (QED) is 0.0971. The Balaban J connectivity index is 0.00000146. The Morgan fingerprint density at radius 2 is 1.74 bits per heavy atom. The third-order valence-electron chi connectivity index (χ3n) is 4.52. The zero-order chi connectivity index (χ0) is 26.6. The number of hydrogen-bond donors (Lipinski definition) is 1. The van der Waals surface area contributed by atoms with Crippen LogP contribution in [-0.4, -0.2) is 48.0 Å². The summed E-state index contributed by atoms with van der Waals surface area (Å²) in [6, 6.07) is 13.8. The lowest BCUT2D eigenvalue weighted by atomic mass is 10.1. The van der Waals surface area contributed by atoms with Crippen LogP contribution in [0.1, 0.15) is 61.3 Å². The topological polar surface area (TPSA) is 92.9 Å². The van der Waals surface area contributed by atoms with Crippen molar-refractivity contribution >= 4 is 12.0 Å². The number of ether oxygens (including phenoxy) is 1. The number of aliphatic hydroxyl groups excluding tert-OH is 1. The van der Waals surface area contributed by atoms with Crippen molar-refractivity contribution in [3.8, 4) is 0 Å². The van der Waals surface area contributed by atoms with Gasteiger partial charge in [-0.05, 0) is 52.6 Å². The smallest absolute Gasteiger partial charge is 0.269 e. The second kappa shape index (κ2) is 19.2. The summed E-state index contributed by atoms with van der Waals surface area (Å²) in [7, 11) is 1.92. The maximum atomic E-state index is 11.4. The predicted molar refractivity (Wildman–Crippen MR) is 143 cm³/mol. The minimum absolute atomic E-state index is 0.0714. The van der Waals surface area contributed by atoms with Gasteiger partial charge in [-0.2, -0.15) is 0 Å². The summed E-state index contributed by atoms with van der Waals surface area (Å²) in [5, 5.41) is 19.7. The molecule has 0 fully saturated rings. The van der Waals surface area contributed by atoms with E-state index >= 15 is 0 Å². The van der Waals surface area contributed by atoms with Crippen molar-refractivity contribution in [3.63, 3.8) is 0 Å². The molecule has 0 aliphatic carbocycles. The monoisotopic (exact) mass is 484 g/mol. The molecule has 192 valence electrons. The van der Waals surface area contributed by atoms with E-state index in [-0.39, 0.29) is 12.3 Å². The van der Waals surface area contributed by atoms with Crippen molar-refractivity contribution < 1.29 is 19.6 Å². The van der Waals surface area contributed by atoms with Crippen LogP contribution in [0.25, 0.3) is 0 Å². The summed E-state index contributed by atoms with van der Waals surface area (Å²) >= 11 is 0. The number of nitrogens with zero attached hydrogens (tertiary/aromatic N) is 2. The van der Waals surface area contributed by atoms with Crippen molar-refractivity contribution in [1.82, 2.24) is 4.90 Å². The van der Waals surface area contributed by atoms with E-state index in [1.165, 1.54) is 17.7 Å². The molecule has 0 heterocycles. The highest BCUT2D eigenvalue weighted by atomic mass is 16.6. The Morgan fingerprint density at radius 1 is 1.17 bits per heavy atom. The molecule has 1 unspecified atom stereocenters. The largest absolute Gasteiger partial charge is 0.396 e. The molecule has 0 amide bonds. The van der Waals surface area contributed by atoms with Gasteiger partial charge in [0, 0.05) is 43.0 Å². The standard InChI is InChI=1S/C21H26N2O5.C4H8.C3H6/c1-22(13-12-17-8-10-19(11-9-17)23(26)27)21(28-15-5-4-14-24)20-7-3-2-6-18(20)16-25;1-4(2)3;1-3-2/h2-3,6-11,16,21,24H,4-5,12-15H2,1H3;1H2,2-3H3;3H,1H2,2H3. The lowest BCUT2D eigenvalue weighted by Crippen LogP contribution is -2.30. The number of aliphatic hydroxyl groups is 1. The molecule has 0 bridgehead atoms. The van der Waals surface area contributed by atoms with Gasteiger partial charge in [-0.25, -0.2) is 0 Å². The van der Waals surface area contributed by atoms with Gasteiger partial charge in [0.15, 0.2) is 0 Å². The van der Waals surface area contributed by atoms with Gasteiger partial charge >= 0.3 is 0 Å². The maximum absolute atomic E-state index is 11.4. The first-order valence-corrected chi connectivity index (χ1v) is 11.6. The first-order valence-electron chi connectivity index (χ1n) is 11.6. The van der Waals surface area contributed by atoms with E-state index in [2.05, 4.69) is 13.2 Å². The molecule has 0 aliphatic heterocycles. The number of rotatable bonds is 12. The third kappa shape index (κ3) is 14.0. The Morgan fingerprint density at radius 3 is 2.26 bits per heavy atom. The minimum Gasteiger partial charge on any atom is -0.396 e. The number of hydrogen-bond acceptors (Lipinski definition) is 6. The summed E-state index contributed by atoms with van der Waals surface area (Å²) in [6.07, 6.45) is 4.26. The van der Waals surface area contributed by atoms with Gasteiger partial charge in [0.05, 0.1) is 4.92 Å². The summed E-state index contributed by atoms with van der Waals surface area (Å²) in [4.78, 5) is 23.8. The highest BCUT2D eigenvalue weighted by Crippen LogP contribution is 2.24. The van der Waals surface area contributed by atoms with Crippen molar-refractivity contribution in [1.29, 1.82) is 0 Å². The fraction of sp³-hybridized carbons (Fsp3) is 0.393. The van der Waals surface area contributed by atoms with E-state index in [1.54, 1.807) is 24.3 Å². The number of non-ortho nitro benzene ring substituents is 1. The van der Waals surface area contributed by atoms with E-state index in [1.807, 2.05) is 50.9 Å². The molecule has 0 aliphatic rings. The van der Waals surface area contributed by atoms with Gasteiger partial charge in [0.2, 0.25) is 0 Å². The van der Waals surface area contributed by atoms with Crippen LogP contribution in [-0.2, 0) is 11.2 Å². The van der Waals surface area contributed by atoms with Crippen molar-refractivity contribution in [2.45, 2.75) is 46.3 Å². The molecule has 1 atom stereocenters. The van der Waals surface area contributed by atoms with E-state index < -0.39 is 11.2 Å². The summed E-state index contributed by atoms with van der Waals surface area (Å²) < 4.78 is 6.04. The van der Waals surface area contributed by atoms with Crippen molar-refractivity contribution in [3.05, 3.63) is 100 Å². The highest BCUT2D eigenvalue weighted by Gasteiger charge is 2.20. The summed E-state index contributed by atoms with van der Waals surface area (Å²) in [5.74, 6) is 0. The van der Waals surface area contributed by atoms with E-state index in [4.69, 9.17) is 9.84 Å². The molecule has 2 aromatic rings. The van der Waals surface area contributed by atoms with Crippen LogP contribution < -0.4 is 0 Å². The van der Waals surface area contributed by atoms with Crippen LogP contribution >= 0.6 is 0 Å². The van der Waals surface area contributed by atoms with Crippen molar-refractivity contribution in [2.24, 2.45) is 0 Å². The third-order valence-corrected chi connectivity index (χ3v) is 4.52. The molecule has 0 aromatic heterocycles. The minimum atomic E-state index is -0.414. The van der Waals surface area contributed by atoms with Gasteiger partial charge in [0.25, 0.3) is 5.69 Å². The number of allylic oxidation sites excluding steroid dienone is 2. The molecule has 2 rings (SSSR count). The number of benzene rings is 2. The number of nitro groups is 1. The Bertz CT molecular complexity index is 892. The van der Waals surface area contributed by atoms with Crippen LogP contribution in [0.4, 0.5) is 5.69 Å². The summed E-state index contributed by atoms with van der Waals surface area (Å²) in [6.45, 7) is 14.0. The van der Waals surface area contributed by atoms with Gasteiger partial charge in [-0.3, -0.25) is 19.8 Å². The second-order valence-corrected chi connectivity index (χ2v) is 8.17. The first-order chi connectivity index (χ1) is 16.7. The molecule has 0 saturated carbocycles. The van der Waals surface area contributed by atoms with Crippen LogP contribution in [0.3, 0.4) is 0 Å². The number of carbonyl (C=O) groups is 1. The van der Waals surface area contributed by atoms with E-state index in [0.717, 1.165) is 23.8 Å². The van der Waals surface area contributed by atoms with Crippen LogP contribution in [0.15, 0.2) is 73.3 Å². The Labute approximate surface area is 209 Å². The molecular weight excluding hydrogens is 444 g/mol. The van der Waals surface area contributed by atoms with Gasteiger partial charge in [-0.1, -0.05) is 48.0 Å². The van der Waals surface area contributed by atoms with Crippen LogP contribution in [0, 0.1) is 10.1 Å². The Hall–Kier alpha value is -3.13. The molecule has 1 N–H and O–H groups in total. The molecule has 0 spiro atoms. The zero-order valence-electron chi connectivity index (χ0n) is 21.5. The fourth-order valence-corrected chi connectivity index (χ4v) is 2.91. The molecular formula is C28H40N2O5. The molecule has 7 heteroatoms. The normalized spacial score (nSPS) is 10.8. The highest BCUT2D eigenvalue weighted by molar-refractivity contribution is 5.77. The predicted octanol–water partition coefficient (Wildman–Crippen LogP) is 6.14. The first kappa shape index (κ1) is 31.9. The van der Waals surface area contributed by atoms with Crippen LogP contribution in [0.2, 0.25) is 0 Å². The Kier molecular flexibility index (Phi) is 17.5. The average molecular weight is 485 g/mol. The lowest BCUT2D eigenvalue weighted by molar-refractivity contribution is -0.384. The van der Waals surface area contributed by atoms with E-state index in [9.17, 15) is 14.9 Å². The van der Waals surface area contributed by atoms with E-state index in [0.29, 0.717) is 31.6 Å². The van der Waals surface area contributed by atoms with Crippen LogP contribution in [0.5, 0.6) is 0 Å². The molecule has 2 aromatic carbocycles. The average Bonchev–Trinajstić information content (AvgIpc) is 2.83. The summed E-state index contributed by atoms with van der Waals surface area (Å²) in [5.41, 5.74) is 3.60. The number of likely N-dealkylation sites (N-methyl/N-ethyl adjacent to an activating group) is 1. The number of nitro benzene ring substituents is 1. The molecule has 35 heavy (non-hydrogen) atoms. The van der Waals surface area contributed by atoms with Gasteiger partial charge in [-0.15, -0.1) is 13.2 Å². The molecule has 7 nitrogen and oxygen atoms in total. The van der Waals surface area contributed by atoms with Gasteiger partial charge in [0.1, 0.15) is 12.5 Å². The number of unbranched alkanes of at least 4 members (excludes halogenated alkanes) is 1. The van der Waals surface area contributed by atoms with Gasteiger partial charge < -0.3 is 9.84 Å². The maximum Gasteiger partial charge on any atom is 0.269 e. The SMILES string of the molecule is C=C(C)C.C=CC.CN(CCc1ccc([N+](=O)[O-])cc1)C(OCCCCO)c1ccccc1C=O. The van der Waals surface area contributed by atoms with Crippen molar-refractivity contribution in [2.75, 3.05) is 26.8 Å². The molecule has 0 radical (unpaired) electrons. The lowest BCUT2D eigenvalue weighted by Gasteiger charge is -2.29. The zero-order valence-corrected chi connectivity index (χ0v) is 21.5. The second-order valence-electron chi connectivity index (χ2n) is 8.17. The molecule has 0 saturated heterocycles. The fourth-order valence-electron chi connectivity index (χ4n) is 2.91.